The lowest BCUT2D eigenvalue weighted by Crippen LogP contribution is -2.69. The van der Waals surface area contributed by atoms with Gasteiger partial charge in [-0.2, -0.15) is 0 Å². The van der Waals surface area contributed by atoms with Crippen LogP contribution in [0.4, 0.5) is 0 Å². The van der Waals surface area contributed by atoms with Gasteiger partial charge in [0.2, 0.25) is 0 Å². The van der Waals surface area contributed by atoms with Crippen LogP contribution in [0, 0.1) is 18.3 Å². The summed E-state index contributed by atoms with van der Waals surface area (Å²) in [6, 6.07) is 13.3. The van der Waals surface area contributed by atoms with Crippen LogP contribution in [0.25, 0.3) is 0 Å². The first kappa shape index (κ1) is 16.3. The molecule has 0 aliphatic heterocycles. The second-order valence-corrected chi connectivity index (χ2v) is 8.48. The van der Waals surface area contributed by atoms with Crippen molar-refractivity contribution in [2.45, 2.75) is 51.5 Å². The van der Waals surface area contributed by atoms with E-state index in [-0.39, 0.29) is 0 Å². The topological polar surface area (TPSA) is 51.3 Å². The Morgan fingerprint density at radius 3 is 2.36 bits per heavy atom. The Bertz CT molecular complexity index is 770. The molecule has 0 saturated heterocycles. The largest absolute Gasteiger partial charge is 0.383 e. The molecule has 2 aromatic rings. The molecule has 2 N–H and O–H groups in total. The molecular formula is C22H27N3. The van der Waals surface area contributed by atoms with E-state index in [0.29, 0.717) is 28.6 Å². The van der Waals surface area contributed by atoms with Crippen molar-refractivity contribution in [3.8, 4) is 0 Å². The minimum atomic E-state index is 0.292. The number of aliphatic imine (C=N–C) groups is 1. The van der Waals surface area contributed by atoms with E-state index in [2.05, 4.69) is 50.0 Å². The van der Waals surface area contributed by atoms with E-state index in [1.165, 1.54) is 30.4 Å². The van der Waals surface area contributed by atoms with Crippen LogP contribution in [0.15, 0.2) is 53.8 Å². The molecule has 1 unspecified atom stereocenters. The van der Waals surface area contributed by atoms with Gasteiger partial charge in [0.25, 0.3) is 0 Å². The fourth-order valence-electron chi connectivity index (χ4n) is 5.13. The van der Waals surface area contributed by atoms with Gasteiger partial charge in [-0.3, -0.25) is 9.98 Å². The number of nitrogens with zero attached hydrogens (tertiary/aromatic N) is 2. The molecule has 25 heavy (non-hydrogen) atoms. The first-order valence-electron chi connectivity index (χ1n) is 9.25. The SMILES string of the molecule is Cc1ccc(C23CC(C(N=C(N)c4cccnc4)C(C)C)(C2)C3)cc1. The van der Waals surface area contributed by atoms with Crippen LogP contribution in [-0.4, -0.2) is 16.9 Å². The number of nitrogens with two attached hydrogens (primary N) is 1. The number of hydrogen-bond acceptors (Lipinski definition) is 2. The smallest absolute Gasteiger partial charge is 0.127 e. The van der Waals surface area contributed by atoms with E-state index in [1.807, 2.05) is 12.1 Å². The van der Waals surface area contributed by atoms with Crippen molar-refractivity contribution in [1.82, 2.24) is 4.98 Å². The minimum absolute atomic E-state index is 0.292. The van der Waals surface area contributed by atoms with Gasteiger partial charge >= 0.3 is 0 Å². The van der Waals surface area contributed by atoms with Crippen LogP contribution >= 0.6 is 0 Å². The number of rotatable bonds is 5. The normalized spacial score (nSPS) is 29.0. The van der Waals surface area contributed by atoms with Gasteiger partial charge < -0.3 is 5.73 Å². The summed E-state index contributed by atoms with van der Waals surface area (Å²) in [6.07, 6.45) is 7.30. The third kappa shape index (κ3) is 2.57. The Hall–Kier alpha value is -2.16. The van der Waals surface area contributed by atoms with E-state index in [9.17, 15) is 0 Å². The van der Waals surface area contributed by atoms with Gasteiger partial charge in [-0.05, 0) is 60.6 Å². The molecule has 1 aromatic carbocycles. The number of benzene rings is 1. The Balaban J connectivity index is 1.54. The lowest BCUT2D eigenvalue weighted by atomic mass is 9.31. The molecule has 3 saturated carbocycles. The van der Waals surface area contributed by atoms with Gasteiger partial charge in [0.1, 0.15) is 5.84 Å². The van der Waals surface area contributed by atoms with Crippen LogP contribution in [0.3, 0.4) is 0 Å². The fourth-order valence-corrected chi connectivity index (χ4v) is 5.13. The van der Waals surface area contributed by atoms with E-state index in [0.717, 1.165) is 5.56 Å². The first-order valence-corrected chi connectivity index (χ1v) is 9.25. The molecule has 3 nitrogen and oxygen atoms in total. The second kappa shape index (κ2) is 5.69. The Labute approximate surface area is 150 Å². The quantitative estimate of drug-likeness (QED) is 0.657. The minimum Gasteiger partial charge on any atom is -0.383 e. The summed E-state index contributed by atoms with van der Waals surface area (Å²) >= 11 is 0. The van der Waals surface area contributed by atoms with Gasteiger partial charge in [0, 0.05) is 18.0 Å². The molecule has 0 amide bonds. The lowest BCUT2D eigenvalue weighted by Gasteiger charge is -2.73. The Morgan fingerprint density at radius 2 is 1.80 bits per heavy atom. The first-order chi connectivity index (χ1) is 11.9. The lowest BCUT2D eigenvalue weighted by molar-refractivity contribution is -0.164. The number of hydrogen-bond donors (Lipinski definition) is 1. The highest BCUT2D eigenvalue weighted by Gasteiger charge is 2.71. The van der Waals surface area contributed by atoms with Gasteiger partial charge in [-0.15, -0.1) is 0 Å². The molecular weight excluding hydrogens is 306 g/mol. The molecule has 3 aliphatic rings. The third-order valence-electron chi connectivity index (χ3n) is 6.23. The molecule has 5 rings (SSSR count). The van der Waals surface area contributed by atoms with Crippen LogP contribution in [0.1, 0.15) is 49.8 Å². The monoisotopic (exact) mass is 333 g/mol. The van der Waals surface area contributed by atoms with E-state index in [1.54, 1.807) is 12.4 Å². The van der Waals surface area contributed by atoms with Crippen molar-refractivity contribution < 1.29 is 0 Å². The molecule has 1 heterocycles. The average Bonchev–Trinajstić information content (AvgIpc) is 2.53. The summed E-state index contributed by atoms with van der Waals surface area (Å²) in [5.74, 6) is 1.12. The number of pyridine rings is 1. The maximum absolute atomic E-state index is 6.30. The van der Waals surface area contributed by atoms with Crippen LogP contribution < -0.4 is 5.73 Å². The molecule has 130 valence electrons. The molecule has 0 spiro atoms. The predicted molar refractivity (Wildman–Crippen MR) is 103 cm³/mol. The average molecular weight is 333 g/mol. The summed E-state index contributed by atoms with van der Waals surface area (Å²) in [5, 5.41) is 0. The molecule has 2 bridgehead atoms. The Morgan fingerprint density at radius 1 is 1.12 bits per heavy atom. The summed E-state index contributed by atoms with van der Waals surface area (Å²) in [7, 11) is 0. The zero-order valence-corrected chi connectivity index (χ0v) is 15.4. The van der Waals surface area contributed by atoms with E-state index >= 15 is 0 Å². The fraction of sp³-hybridized carbons (Fsp3) is 0.455. The highest BCUT2D eigenvalue weighted by atomic mass is 15.0. The van der Waals surface area contributed by atoms with Gasteiger partial charge in [0.05, 0.1) is 6.04 Å². The molecule has 3 heteroatoms. The van der Waals surface area contributed by atoms with Crippen molar-refractivity contribution in [2.75, 3.05) is 0 Å². The van der Waals surface area contributed by atoms with Gasteiger partial charge in [0.15, 0.2) is 0 Å². The predicted octanol–water partition coefficient (Wildman–Crippen LogP) is 4.24. The van der Waals surface area contributed by atoms with Crippen molar-refractivity contribution in [2.24, 2.45) is 22.1 Å². The van der Waals surface area contributed by atoms with Crippen molar-refractivity contribution >= 4 is 5.84 Å². The van der Waals surface area contributed by atoms with Crippen molar-refractivity contribution in [1.29, 1.82) is 0 Å². The number of aromatic nitrogens is 1. The zero-order valence-electron chi connectivity index (χ0n) is 15.4. The summed E-state index contributed by atoms with van der Waals surface area (Å²) in [4.78, 5) is 9.13. The maximum Gasteiger partial charge on any atom is 0.127 e. The number of aryl methyl sites for hydroxylation is 1. The highest BCUT2D eigenvalue weighted by Crippen LogP contribution is 2.76. The second-order valence-electron chi connectivity index (χ2n) is 8.48. The molecule has 1 aromatic heterocycles. The van der Waals surface area contributed by atoms with E-state index < -0.39 is 0 Å². The highest BCUT2D eigenvalue weighted by molar-refractivity contribution is 5.97. The molecule has 3 fully saturated rings. The summed E-state index contributed by atoms with van der Waals surface area (Å²) in [6.45, 7) is 6.69. The molecule has 1 atom stereocenters. The number of amidine groups is 1. The maximum atomic E-state index is 6.30. The van der Waals surface area contributed by atoms with Gasteiger partial charge in [-0.25, -0.2) is 0 Å². The molecule has 0 radical (unpaired) electrons. The molecule has 3 aliphatic carbocycles. The standard InChI is InChI=1S/C22H27N3/c1-15(2)19(25-20(23)17-5-4-10-24-11-17)22-12-21(13-22,14-22)18-8-6-16(3)7-9-18/h4-11,15,19H,12-14H2,1-3H3,(H2,23,25). The third-order valence-corrected chi connectivity index (χ3v) is 6.23. The van der Waals surface area contributed by atoms with Crippen LogP contribution in [0.2, 0.25) is 0 Å². The van der Waals surface area contributed by atoms with Crippen molar-refractivity contribution in [3.63, 3.8) is 0 Å². The van der Waals surface area contributed by atoms with E-state index in [4.69, 9.17) is 10.7 Å². The van der Waals surface area contributed by atoms with Crippen LogP contribution in [0.5, 0.6) is 0 Å². The summed E-state index contributed by atoms with van der Waals surface area (Å²) < 4.78 is 0. The zero-order chi connectivity index (χ0) is 17.7. The van der Waals surface area contributed by atoms with Gasteiger partial charge in [-0.1, -0.05) is 43.7 Å². The summed E-state index contributed by atoms with van der Waals surface area (Å²) in [5.41, 5.74) is 10.8. The van der Waals surface area contributed by atoms with Crippen molar-refractivity contribution in [3.05, 3.63) is 65.5 Å². The van der Waals surface area contributed by atoms with Crippen LogP contribution in [-0.2, 0) is 5.41 Å². The Kier molecular flexibility index (Phi) is 3.71.